The van der Waals surface area contributed by atoms with E-state index in [2.05, 4.69) is 0 Å². The molecule has 4 aliphatic carbocycles. The van der Waals surface area contributed by atoms with Crippen LogP contribution in [0.5, 0.6) is 11.5 Å². The smallest absolute Gasteiger partial charge is 0.182 e. The number of ether oxygens (including phenoxy) is 1. The molecular formula is C28H22O7. The fourth-order valence-corrected chi connectivity index (χ4v) is 5.38. The van der Waals surface area contributed by atoms with Crippen molar-refractivity contribution in [3.05, 3.63) is 58.7 Å². The highest BCUT2D eigenvalue weighted by atomic mass is 16.5. The van der Waals surface area contributed by atoms with Crippen molar-refractivity contribution in [2.24, 2.45) is 23.7 Å². The Hall–Kier alpha value is -3.74. The van der Waals surface area contributed by atoms with Crippen molar-refractivity contribution in [2.75, 3.05) is 0 Å². The number of carbonyl (C=O) groups excluding carboxylic acids is 6. The first-order chi connectivity index (χ1) is 16.8. The zero-order valence-corrected chi connectivity index (χ0v) is 18.9. The van der Waals surface area contributed by atoms with Crippen LogP contribution in [-0.2, 0) is 9.59 Å². The van der Waals surface area contributed by atoms with Gasteiger partial charge >= 0.3 is 0 Å². The summed E-state index contributed by atoms with van der Waals surface area (Å²) in [4.78, 5) is 76.6. The summed E-state index contributed by atoms with van der Waals surface area (Å²) in [5, 5.41) is 0. The van der Waals surface area contributed by atoms with Gasteiger partial charge in [-0.05, 0) is 62.1 Å². The van der Waals surface area contributed by atoms with Crippen molar-refractivity contribution in [2.45, 2.75) is 38.5 Å². The van der Waals surface area contributed by atoms with Gasteiger partial charge in [-0.3, -0.25) is 28.8 Å². The minimum atomic E-state index is -1.26. The van der Waals surface area contributed by atoms with Crippen molar-refractivity contribution in [1.82, 2.24) is 0 Å². The molecule has 0 spiro atoms. The molecule has 4 aliphatic rings. The van der Waals surface area contributed by atoms with Crippen molar-refractivity contribution in [3.8, 4) is 11.5 Å². The standard InChI is InChI=1S/C28H22O7/c29-23(13-3-1-4-13)21-25(31)17-9-7-15(11-19(17)27(21)33)35-16-8-10-18-20(12-16)28(34)22(26(18)32)24(30)14-5-2-6-14/h7-14,21-22H,1-6H2. The minimum absolute atomic E-state index is 0.156. The van der Waals surface area contributed by atoms with Crippen LogP contribution in [0.2, 0.25) is 0 Å². The largest absolute Gasteiger partial charge is 0.457 e. The molecule has 0 saturated heterocycles. The normalized spacial score (nSPS) is 23.5. The third-order valence-electron chi connectivity index (χ3n) is 7.91. The van der Waals surface area contributed by atoms with E-state index in [1.807, 2.05) is 0 Å². The molecule has 0 bridgehead atoms. The summed E-state index contributed by atoms with van der Waals surface area (Å²) < 4.78 is 5.85. The average Bonchev–Trinajstić information content (AvgIpc) is 3.15. The monoisotopic (exact) mass is 470 g/mol. The van der Waals surface area contributed by atoms with Gasteiger partial charge in [-0.1, -0.05) is 12.8 Å². The van der Waals surface area contributed by atoms with Gasteiger partial charge in [-0.2, -0.15) is 0 Å². The van der Waals surface area contributed by atoms with Crippen molar-refractivity contribution < 1.29 is 33.5 Å². The van der Waals surface area contributed by atoms with Crippen LogP contribution in [0.25, 0.3) is 0 Å². The van der Waals surface area contributed by atoms with Gasteiger partial charge in [0.25, 0.3) is 0 Å². The number of hydrogen-bond donors (Lipinski definition) is 0. The van der Waals surface area contributed by atoms with Crippen molar-refractivity contribution in [3.63, 3.8) is 0 Å². The average molecular weight is 470 g/mol. The predicted octanol–water partition coefficient (Wildman–Crippen LogP) is 4.21. The van der Waals surface area contributed by atoms with Crippen LogP contribution in [0.3, 0.4) is 0 Å². The molecule has 0 heterocycles. The molecule has 0 aromatic heterocycles. The second-order valence-corrected chi connectivity index (χ2v) is 9.90. The first-order valence-corrected chi connectivity index (χ1v) is 12.1. The molecule has 2 unspecified atom stereocenters. The van der Waals surface area contributed by atoms with Gasteiger partial charge in [0.05, 0.1) is 0 Å². The Labute approximate surface area is 200 Å². The highest BCUT2D eigenvalue weighted by molar-refractivity contribution is 6.36. The SMILES string of the molecule is O=C1c2ccc(Oc3ccc4c(c3)C(=O)C(C(=O)C3CCC3)C4=O)cc2C(=O)C1C(=O)C1CCC1. The van der Waals surface area contributed by atoms with E-state index in [-0.39, 0.29) is 57.2 Å². The molecular weight excluding hydrogens is 448 g/mol. The van der Waals surface area contributed by atoms with E-state index in [0.717, 1.165) is 12.8 Å². The second kappa shape index (κ2) is 7.90. The summed E-state index contributed by atoms with van der Waals surface area (Å²) in [6.45, 7) is 0. The van der Waals surface area contributed by atoms with Gasteiger partial charge in [0.2, 0.25) is 0 Å². The molecule has 0 aliphatic heterocycles. The molecule has 0 amide bonds. The number of fused-ring (bicyclic) bond motifs is 2. The van der Waals surface area contributed by atoms with Crippen LogP contribution >= 0.6 is 0 Å². The maximum atomic E-state index is 12.9. The van der Waals surface area contributed by atoms with Crippen LogP contribution < -0.4 is 4.74 Å². The summed E-state index contributed by atoms with van der Waals surface area (Å²) in [6.07, 6.45) is 4.72. The van der Waals surface area contributed by atoms with Crippen LogP contribution in [0.4, 0.5) is 0 Å². The van der Waals surface area contributed by atoms with Crippen molar-refractivity contribution in [1.29, 1.82) is 0 Å². The molecule has 2 saturated carbocycles. The number of rotatable bonds is 6. The molecule has 35 heavy (non-hydrogen) atoms. The molecule has 2 fully saturated rings. The minimum Gasteiger partial charge on any atom is -0.457 e. The summed E-state index contributed by atoms with van der Waals surface area (Å²) in [5.74, 6) is -4.95. The first-order valence-electron chi connectivity index (χ1n) is 12.1. The lowest BCUT2D eigenvalue weighted by atomic mass is 9.76. The number of benzene rings is 2. The maximum Gasteiger partial charge on any atom is 0.182 e. The summed E-state index contributed by atoms with van der Waals surface area (Å²) in [7, 11) is 0. The van der Waals surface area contributed by atoms with Gasteiger partial charge in [0.15, 0.2) is 34.7 Å². The van der Waals surface area contributed by atoms with Crippen LogP contribution in [-0.4, -0.2) is 34.7 Å². The second-order valence-electron chi connectivity index (χ2n) is 9.90. The van der Waals surface area contributed by atoms with Crippen LogP contribution in [0.15, 0.2) is 36.4 Å². The number of Topliss-reactive ketones (excluding diaryl/α,β-unsaturated/α-hetero) is 6. The lowest BCUT2D eigenvalue weighted by Crippen LogP contribution is -2.34. The lowest BCUT2D eigenvalue weighted by molar-refractivity contribution is -0.127. The summed E-state index contributed by atoms with van der Waals surface area (Å²) in [6, 6.07) is 8.90. The molecule has 0 radical (unpaired) electrons. The number of hydrogen-bond acceptors (Lipinski definition) is 7. The summed E-state index contributed by atoms with van der Waals surface area (Å²) >= 11 is 0. The van der Waals surface area contributed by atoms with Gasteiger partial charge in [-0.25, -0.2) is 0 Å². The Morgan fingerprint density at radius 1 is 0.571 bits per heavy atom. The topological polar surface area (TPSA) is 112 Å². The molecule has 2 aromatic rings. The Morgan fingerprint density at radius 3 is 1.29 bits per heavy atom. The fourth-order valence-electron chi connectivity index (χ4n) is 5.38. The zero-order chi connectivity index (χ0) is 24.4. The van der Waals surface area contributed by atoms with E-state index in [1.54, 1.807) is 0 Å². The highest BCUT2D eigenvalue weighted by Gasteiger charge is 2.47. The zero-order valence-electron chi connectivity index (χ0n) is 18.9. The molecule has 0 N–H and O–H groups in total. The van der Waals surface area contributed by atoms with Gasteiger partial charge in [-0.15, -0.1) is 0 Å². The lowest BCUT2D eigenvalue weighted by Gasteiger charge is -2.25. The molecule has 2 atom stereocenters. The van der Waals surface area contributed by atoms with Crippen LogP contribution in [0, 0.1) is 23.7 Å². The maximum absolute atomic E-state index is 12.9. The number of ketones is 6. The molecule has 7 nitrogen and oxygen atoms in total. The molecule has 6 rings (SSSR count). The third kappa shape index (κ3) is 3.25. The van der Waals surface area contributed by atoms with Gasteiger partial charge in [0.1, 0.15) is 23.3 Å². The molecule has 176 valence electrons. The quantitative estimate of drug-likeness (QED) is 0.582. The van der Waals surface area contributed by atoms with E-state index in [0.29, 0.717) is 25.7 Å². The Kier molecular flexibility index (Phi) is 4.91. The van der Waals surface area contributed by atoms with E-state index >= 15 is 0 Å². The van der Waals surface area contributed by atoms with E-state index in [1.165, 1.54) is 36.4 Å². The predicted molar refractivity (Wildman–Crippen MR) is 122 cm³/mol. The molecule has 7 heteroatoms. The number of carbonyl (C=O) groups is 6. The van der Waals surface area contributed by atoms with E-state index < -0.39 is 35.0 Å². The Morgan fingerprint density at radius 2 is 0.943 bits per heavy atom. The summed E-state index contributed by atoms with van der Waals surface area (Å²) in [5.41, 5.74) is 0.742. The fraction of sp³-hybridized carbons (Fsp3) is 0.357. The van der Waals surface area contributed by atoms with E-state index in [4.69, 9.17) is 4.74 Å². The Bertz CT molecular complexity index is 1260. The highest BCUT2D eigenvalue weighted by Crippen LogP contribution is 2.39. The third-order valence-corrected chi connectivity index (χ3v) is 7.91. The van der Waals surface area contributed by atoms with E-state index in [9.17, 15) is 28.8 Å². The van der Waals surface area contributed by atoms with Crippen molar-refractivity contribution >= 4 is 34.7 Å². The Balaban J connectivity index is 1.24. The molecule has 2 aromatic carbocycles. The first kappa shape index (κ1) is 21.8. The van der Waals surface area contributed by atoms with Crippen LogP contribution in [0.1, 0.15) is 80.0 Å². The van der Waals surface area contributed by atoms with Gasteiger partial charge < -0.3 is 4.74 Å². The van der Waals surface area contributed by atoms with Gasteiger partial charge in [0, 0.05) is 34.1 Å².